The van der Waals surface area contributed by atoms with E-state index in [0.29, 0.717) is 18.8 Å². The Labute approximate surface area is 115 Å². The molecule has 2 aromatic rings. The van der Waals surface area contributed by atoms with Crippen LogP contribution in [0, 0.1) is 10.1 Å². The molecule has 2 rings (SSSR count). The van der Waals surface area contributed by atoms with E-state index < -0.39 is 4.92 Å². The van der Waals surface area contributed by atoms with Crippen LogP contribution < -0.4 is 10.1 Å². The Hall–Kier alpha value is -2.08. The van der Waals surface area contributed by atoms with Gasteiger partial charge in [0.1, 0.15) is 12.3 Å². The normalized spacial score (nSPS) is 10.2. The van der Waals surface area contributed by atoms with Crippen LogP contribution in [0.5, 0.6) is 5.75 Å². The second kappa shape index (κ2) is 6.19. The molecule has 0 atom stereocenters. The number of hydrogen-bond acceptors (Lipinski definition) is 5. The molecule has 0 fully saturated rings. The molecule has 0 radical (unpaired) electrons. The van der Waals surface area contributed by atoms with Gasteiger partial charge < -0.3 is 10.1 Å². The maximum absolute atomic E-state index is 11.2. The van der Waals surface area contributed by atoms with Crippen LogP contribution in [0.2, 0.25) is 0 Å². The van der Waals surface area contributed by atoms with E-state index in [2.05, 4.69) is 5.32 Å². The highest BCUT2D eigenvalue weighted by molar-refractivity contribution is 7.09. The van der Waals surface area contributed by atoms with Crippen LogP contribution in [0.3, 0.4) is 0 Å². The number of para-hydroxylation sites is 1. The van der Waals surface area contributed by atoms with Gasteiger partial charge in [0, 0.05) is 11.4 Å². The maximum atomic E-state index is 11.2. The van der Waals surface area contributed by atoms with Gasteiger partial charge in [0.15, 0.2) is 5.75 Å². The van der Waals surface area contributed by atoms with E-state index >= 15 is 0 Å². The quantitative estimate of drug-likeness (QED) is 0.647. The minimum atomic E-state index is -0.415. The highest BCUT2D eigenvalue weighted by atomic mass is 32.1. The van der Waals surface area contributed by atoms with E-state index in [9.17, 15) is 10.1 Å². The molecule has 0 saturated carbocycles. The van der Waals surface area contributed by atoms with Crippen LogP contribution in [-0.4, -0.2) is 11.5 Å². The molecule has 0 aliphatic rings. The first-order chi connectivity index (χ1) is 9.22. The summed E-state index contributed by atoms with van der Waals surface area (Å²) in [5.41, 5.74) is 0.470. The monoisotopic (exact) mass is 278 g/mol. The molecule has 1 N–H and O–H groups in total. The molecule has 1 aromatic carbocycles. The molecule has 0 bridgehead atoms. The van der Waals surface area contributed by atoms with Crippen molar-refractivity contribution in [3.8, 4) is 5.75 Å². The molecule has 19 heavy (non-hydrogen) atoms. The summed E-state index contributed by atoms with van der Waals surface area (Å²) in [4.78, 5) is 11.8. The summed E-state index contributed by atoms with van der Waals surface area (Å²) < 4.78 is 5.56. The summed E-state index contributed by atoms with van der Waals surface area (Å²) in [6, 6.07) is 8.90. The van der Waals surface area contributed by atoms with Gasteiger partial charge in [-0.15, -0.1) is 11.3 Å². The number of anilines is 1. The molecule has 0 saturated heterocycles. The van der Waals surface area contributed by atoms with E-state index in [-0.39, 0.29) is 11.4 Å². The molecule has 0 aliphatic heterocycles. The molecule has 0 amide bonds. The number of nitro groups is 1. The van der Waals surface area contributed by atoms with Crippen molar-refractivity contribution in [2.24, 2.45) is 0 Å². The number of thiophene rings is 1. The second-order valence-electron chi connectivity index (χ2n) is 3.81. The van der Waals surface area contributed by atoms with Crippen molar-refractivity contribution in [3.63, 3.8) is 0 Å². The first-order valence-electron chi connectivity index (χ1n) is 5.88. The van der Waals surface area contributed by atoms with Crippen molar-refractivity contribution in [1.29, 1.82) is 0 Å². The van der Waals surface area contributed by atoms with E-state index in [4.69, 9.17) is 4.74 Å². The van der Waals surface area contributed by atoms with Gasteiger partial charge in [-0.25, -0.2) is 0 Å². The first kappa shape index (κ1) is 13.4. The van der Waals surface area contributed by atoms with Crippen molar-refractivity contribution in [3.05, 3.63) is 50.7 Å². The summed E-state index contributed by atoms with van der Waals surface area (Å²) >= 11 is 1.56. The predicted octanol–water partition coefficient (Wildman–Crippen LogP) is 3.67. The van der Waals surface area contributed by atoms with Crippen LogP contribution >= 0.6 is 11.3 Å². The summed E-state index contributed by atoms with van der Waals surface area (Å²) in [6.07, 6.45) is 0. The zero-order valence-electron chi connectivity index (χ0n) is 10.5. The maximum Gasteiger partial charge on any atom is 0.333 e. The third kappa shape index (κ3) is 3.23. The van der Waals surface area contributed by atoms with E-state index in [1.807, 2.05) is 24.4 Å². The van der Waals surface area contributed by atoms with Gasteiger partial charge >= 0.3 is 5.69 Å². The van der Waals surface area contributed by atoms with Gasteiger partial charge in [-0.3, -0.25) is 10.1 Å². The molecule has 0 aliphatic carbocycles. The van der Waals surface area contributed by atoms with E-state index in [1.54, 1.807) is 29.5 Å². The molecule has 1 heterocycles. The average molecular weight is 278 g/mol. The zero-order chi connectivity index (χ0) is 13.7. The Morgan fingerprint density at radius 2 is 2.21 bits per heavy atom. The third-order valence-corrected chi connectivity index (χ3v) is 3.35. The predicted molar refractivity (Wildman–Crippen MR) is 75.9 cm³/mol. The second-order valence-corrected chi connectivity index (χ2v) is 4.84. The standard InChI is InChI=1S/C13H14N2O3S/c1-2-14-11-6-3-7-12(13(11)15(16)17)18-9-10-5-4-8-19-10/h3-8,14H,2,9H2,1H3. The molecule has 0 unspecified atom stereocenters. The Morgan fingerprint density at radius 1 is 1.37 bits per heavy atom. The van der Waals surface area contributed by atoms with Crippen molar-refractivity contribution in [2.75, 3.05) is 11.9 Å². The number of rotatable bonds is 6. The molecule has 6 heteroatoms. The van der Waals surface area contributed by atoms with Crippen LogP contribution in [-0.2, 0) is 6.61 Å². The van der Waals surface area contributed by atoms with E-state index in [0.717, 1.165) is 4.88 Å². The Bertz CT molecular complexity index is 555. The number of nitrogens with one attached hydrogen (secondary N) is 1. The van der Waals surface area contributed by atoms with Gasteiger partial charge in [0.25, 0.3) is 0 Å². The topological polar surface area (TPSA) is 64.4 Å². The SMILES string of the molecule is CCNc1cccc(OCc2cccs2)c1[N+](=O)[O-]. The molecule has 5 nitrogen and oxygen atoms in total. The van der Waals surface area contributed by atoms with Gasteiger partial charge in [-0.05, 0) is 30.5 Å². The van der Waals surface area contributed by atoms with Crippen LogP contribution in [0.15, 0.2) is 35.7 Å². The third-order valence-electron chi connectivity index (χ3n) is 2.50. The lowest BCUT2D eigenvalue weighted by Crippen LogP contribution is -2.04. The van der Waals surface area contributed by atoms with Crippen molar-refractivity contribution < 1.29 is 9.66 Å². The summed E-state index contributed by atoms with van der Waals surface area (Å²) in [5, 5.41) is 16.1. The van der Waals surface area contributed by atoms with Crippen molar-refractivity contribution >= 4 is 22.7 Å². The van der Waals surface area contributed by atoms with Gasteiger partial charge in [-0.2, -0.15) is 0 Å². The Kier molecular flexibility index (Phi) is 4.35. The minimum Gasteiger partial charge on any atom is -0.481 e. The lowest BCUT2D eigenvalue weighted by Gasteiger charge is -2.09. The highest BCUT2D eigenvalue weighted by Gasteiger charge is 2.20. The average Bonchev–Trinajstić information content (AvgIpc) is 2.89. The number of ether oxygens (including phenoxy) is 1. The van der Waals surface area contributed by atoms with Crippen molar-refractivity contribution in [2.45, 2.75) is 13.5 Å². The van der Waals surface area contributed by atoms with Gasteiger partial charge in [0.05, 0.1) is 4.92 Å². The molecular formula is C13H14N2O3S. The minimum absolute atomic E-state index is 0.0130. The smallest absolute Gasteiger partial charge is 0.333 e. The lowest BCUT2D eigenvalue weighted by atomic mass is 10.2. The number of benzene rings is 1. The lowest BCUT2D eigenvalue weighted by molar-refractivity contribution is -0.385. The fourth-order valence-corrected chi connectivity index (χ4v) is 2.32. The van der Waals surface area contributed by atoms with Crippen LogP contribution in [0.4, 0.5) is 11.4 Å². The van der Waals surface area contributed by atoms with Gasteiger partial charge in [0.2, 0.25) is 0 Å². The molecule has 100 valence electrons. The number of hydrogen-bond donors (Lipinski definition) is 1. The van der Waals surface area contributed by atoms with Crippen LogP contribution in [0.1, 0.15) is 11.8 Å². The number of nitrogens with zero attached hydrogens (tertiary/aromatic N) is 1. The van der Waals surface area contributed by atoms with E-state index in [1.165, 1.54) is 0 Å². The molecular weight excluding hydrogens is 264 g/mol. The molecule has 0 spiro atoms. The molecule has 1 aromatic heterocycles. The highest BCUT2D eigenvalue weighted by Crippen LogP contribution is 2.35. The Balaban J connectivity index is 2.23. The fraction of sp³-hybridized carbons (Fsp3) is 0.231. The fourth-order valence-electron chi connectivity index (χ4n) is 1.70. The Morgan fingerprint density at radius 3 is 2.84 bits per heavy atom. The van der Waals surface area contributed by atoms with Gasteiger partial charge in [-0.1, -0.05) is 12.1 Å². The number of nitro benzene ring substituents is 1. The summed E-state index contributed by atoms with van der Waals surface area (Å²) in [5.74, 6) is 0.289. The summed E-state index contributed by atoms with van der Waals surface area (Å²) in [7, 11) is 0. The summed E-state index contributed by atoms with van der Waals surface area (Å²) in [6.45, 7) is 2.85. The zero-order valence-corrected chi connectivity index (χ0v) is 11.3. The van der Waals surface area contributed by atoms with Crippen molar-refractivity contribution in [1.82, 2.24) is 0 Å². The van der Waals surface area contributed by atoms with Crippen LogP contribution in [0.25, 0.3) is 0 Å². The largest absolute Gasteiger partial charge is 0.481 e. The first-order valence-corrected chi connectivity index (χ1v) is 6.76.